The standard InChI is InChI=1S/C12H21BrN4O/c1-9(2)7-18-6-4-5-15-12-10(13)11(14-3)16-8-17-12/h8-9H,4-7H2,1-3H3,(H2,14,15,16,17). The molecule has 0 saturated heterocycles. The highest BCUT2D eigenvalue weighted by Gasteiger charge is 2.06. The Morgan fingerprint density at radius 1 is 1.33 bits per heavy atom. The molecule has 1 heterocycles. The molecule has 0 radical (unpaired) electrons. The fourth-order valence-electron chi connectivity index (χ4n) is 1.37. The Hall–Kier alpha value is -0.880. The van der Waals surface area contributed by atoms with Crippen LogP contribution in [0.25, 0.3) is 0 Å². The van der Waals surface area contributed by atoms with E-state index in [0.717, 1.165) is 42.3 Å². The van der Waals surface area contributed by atoms with E-state index in [2.05, 4.69) is 50.4 Å². The van der Waals surface area contributed by atoms with E-state index in [4.69, 9.17) is 4.74 Å². The van der Waals surface area contributed by atoms with Crippen molar-refractivity contribution in [1.82, 2.24) is 9.97 Å². The van der Waals surface area contributed by atoms with Crippen molar-refractivity contribution in [2.75, 3.05) is 37.4 Å². The van der Waals surface area contributed by atoms with Crippen LogP contribution in [0.15, 0.2) is 10.8 Å². The van der Waals surface area contributed by atoms with Crippen LogP contribution < -0.4 is 10.6 Å². The summed E-state index contributed by atoms with van der Waals surface area (Å²) >= 11 is 3.46. The molecule has 2 N–H and O–H groups in total. The predicted molar refractivity (Wildman–Crippen MR) is 78.0 cm³/mol. The molecule has 0 bridgehead atoms. The summed E-state index contributed by atoms with van der Waals surface area (Å²) in [5, 5.41) is 6.25. The molecule has 1 aromatic rings. The van der Waals surface area contributed by atoms with E-state index in [1.807, 2.05) is 7.05 Å². The highest BCUT2D eigenvalue weighted by Crippen LogP contribution is 2.25. The molecule has 0 amide bonds. The van der Waals surface area contributed by atoms with E-state index < -0.39 is 0 Å². The molecule has 0 aromatic carbocycles. The number of hydrogen-bond donors (Lipinski definition) is 2. The molecular weight excluding hydrogens is 296 g/mol. The van der Waals surface area contributed by atoms with Gasteiger partial charge in [-0.05, 0) is 28.3 Å². The van der Waals surface area contributed by atoms with Gasteiger partial charge < -0.3 is 15.4 Å². The Morgan fingerprint density at radius 3 is 2.72 bits per heavy atom. The molecule has 5 nitrogen and oxygen atoms in total. The SMILES string of the molecule is CNc1ncnc(NCCCOCC(C)C)c1Br. The number of nitrogens with zero attached hydrogens (tertiary/aromatic N) is 2. The molecule has 0 atom stereocenters. The molecular formula is C12H21BrN4O. The zero-order valence-corrected chi connectivity index (χ0v) is 12.7. The lowest BCUT2D eigenvalue weighted by atomic mass is 10.2. The summed E-state index contributed by atoms with van der Waals surface area (Å²) in [5.74, 6) is 2.17. The molecule has 102 valence electrons. The third-order valence-corrected chi connectivity index (χ3v) is 2.99. The summed E-state index contributed by atoms with van der Waals surface area (Å²) < 4.78 is 6.37. The van der Waals surface area contributed by atoms with Crippen LogP contribution in [-0.4, -0.2) is 36.8 Å². The lowest BCUT2D eigenvalue weighted by molar-refractivity contribution is 0.110. The van der Waals surface area contributed by atoms with Gasteiger partial charge in [0.1, 0.15) is 22.4 Å². The first kappa shape index (κ1) is 15.2. The number of nitrogens with one attached hydrogen (secondary N) is 2. The van der Waals surface area contributed by atoms with E-state index in [1.54, 1.807) is 0 Å². The Kier molecular flexibility index (Phi) is 6.97. The van der Waals surface area contributed by atoms with Crippen LogP contribution in [0.3, 0.4) is 0 Å². The molecule has 0 aliphatic rings. The van der Waals surface area contributed by atoms with Gasteiger partial charge in [-0.25, -0.2) is 9.97 Å². The molecule has 0 aliphatic carbocycles. The van der Waals surface area contributed by atoms with Crippen LogP contribution in [0.5, 0.6) is 0 Å². The van der Waals surface area contributed by atoms with Crippen LogP contribution >= 0.6 is 15.9 Å². The van der Waals surface area contributed by atoms with Gasteiger partial charge in [0.05, 0.1) is 0 Å². The zero-order chi connectivity index (χ0) is 13.4. The molecule has 0 spiro atoms. The molecule has 1 aromatic heterocycles. The highest BCUT2D eigenvalue weighted by molar-refractivity contribution is 9.10. The Bertz CT molecular complexity index is 360. The van der Waals surface area contributed by atoms with Gasteiger partial charge in [-0.15, -0.1) is 0 Å². The molecule has 18 heavy (non-hydrogen) atoms. The van der Waals surface area contributed by atoms with Crippen molar-refractivity contribution < 1.29 is 4.74 Å². The molecule has 6 heteroatoms. The van der Waals surface area contributed by atoms with Gasteiger partial charge in [0.25, 0.3) is 0 Å². The van der Waals surface area contributed by atoms with E-state index in [-0.39, 0.29) is 0 Å². The smallest absolute Gasteiger partial charge is 0.145 e. The first-order chi connectivity index (χ1) is 8.65. The minimum atomic E-state index is 0.590. The summed E-state index contributed by atoms with van der Waals surface area (Å²) in [4.78, 5) is 8.28. The molecule has 0 fully saturated rings. The molecule has 0 saturated carbocycles. The van der Waals surface area contributed by atoms with Crippen LogP contribution in [0.2, 0.25) is 0 Å². The second-order valence-electron chi connectivity index (χ2n) is 4.38. The minimum absolute atomic E-state index is 0.590. The van der Waals surface area contributed by atoms with E-state index in [9.17, 15) is 0 Å². The topological polar surface area (TPSA) is 59.1 Å². The van der Waals surface area contributed by atoms with Crippen molar-refractivity contribution >= 4 is 27.6 Å². The molecule has 0 aliphatic heterocycles. The Labute approximate surface area is 117 Å². The largest absolute Gasteiger partial charge is 0.381 e. The van der Waals surface area contributed by atoms with Gasteiger partial charge in [-0.3, -0.25) is 0 Å². The van der Waals surface area contributed by atoms with Crippen LogP contribution in [0.1, 0.15) is 20.3 Å². The monoisotopic (exact) mass is 316 g/mol. The second-order valence-corrected chi connectivity index (χ2v) is 5.18. The fraction of sp³-hybridized carbons (Fsp3) is 0.667. The first-order valence-corrected chi connectivity index (χ1v) is 6.94. The average Bonchev–Trinajstić information content (AvgIpc) is 2.35. The molecule has 1 rings (SSSR count). The predicted octanol–water partition coefficient (Wildman–Crippen LogP) is 2.76. The van der Waals surface area contributed by atoms with Crippen LogP contribution in [0, 0.1) is 5.92 Å². The first-order valence-electron chi connectivity index (χ1n) is 6.15. The summed E-state index contributed by atoms with van der Waals surface area (Å²) in [7, 11) is 1.83. The number of anilines is 2. The Balaban J connectivity index is 2.27. The summed E-state index contributed by atoms with van der Waals surface area (Å²) in [6.45, 7) is 6.72. The van der Waals surface area contributed by atoms with E-state index in [1.165, 1.54) is 6.33 Å². The summed E-state index contributed by atoms with van der Waals surface area (Å²) in [6, 6.07) is 0. The van der Waals surface area contributed by atoms with Gasteiger partial charge in [-0.1, -0.05) is 13.8 Å². The number of rotatable bonds is 8. The van der Waals surface area contributed by atoms with Crippen molar-refractivity contribution in [1.29, 1.82) is 0 Å². The van der Waals surface area contributed by atoms with Crippen molar-refractivity contribution in [3.8, 4) is 0 Å². The second kappa shape index (κ2) is 8.26. The van der Waals surface area contributed by atoms with E-state index in [0.29, 0.717) is 5.92 Å². The van der Waals surface area contributed by atoms with Gasteiger partial charge in [0.2, 0.25) is 0 Å². The zero-order valence-electron chi connectivity index (χ0n) is 11.2. The van der Waals surface area contributed by atoms with Gasteiger partial charge in [-0.2, -0.15) is 0 Å². The quantitative estimate of drug-likeness (QED) is 0.722. The lowest BCUT2D eigenvalue weighted by Crippen LogP contribution is -2.10. The normalized spacial score (nSPS) is 10.7. The maximum atomic E-state index is 5.51. The highest BCUT2D eigenvalue weighted by atomic mass is 79.9. The lowest BCUT2D eigenvalue weighted by Gasteiger charge is -2.10. The maximum Gasteiger partial charge on any atom is 0.145 e. The number of halogens is 1. The van der Waals surface area contributed by atoms with Crippen LogP contribution in [-0.2, 0) is 4.74 Å². The van der Waals surface area contributed by atoms with Crippen molar-refractivity contribution in [2.45, 2.75) is 20.3 Å². The third kappa shape index (κ3) is 5.18. The van der Waals surface area contributed by atoms with Crippen molar-refractivity contribution in [3.05, 3.63) is 10.8 Å². The van der Waals surface area contributed by atoms with Gasteiger partial charge in [0.15, 0.2) is 0 Å². The number of aromatic nitrogens is 2. The van der Waals surface area contributed by atoms with Crippen molar-refractivity contribution in [3.63, 3.8) is 0 Å². The Morgan fingerprint density at radius 2 is 2.06 bits per heavy atom. The van der Waals surface area contributed by atoms with Gasteiger partial charge in [0, 0.05) is 26.8 Å². The third-order valence-electron chi connectivity index (χ3n) is 2.24. The van der Waals surface area contributed by atoms with Crippen LogP contribution in [0.4, 0.5) is 11.6 Å². The number of ether oxygens (including phenoxy) is 1. The van der Waals surface area contributed by atoms with E-state index >= 15 is 0 Å². The minimum Gasteiger partial charge on any atom is -0.381 e. The summed E-state index contributed by atoms with van der Waals surface area (Å²) in [6.07, 6.45) is 2.49. The fourth-order valence-corrected chi connectivity index (χ4v) is 1.91. The average molecular weight is 317 g/mol. The molecule has 0 unspecified atom stereocenters. The summed E-state index contributed by atoms with van der Waals surface area (Å²) in [5.41, 5.74) is 0. The number of hydrogen-bond acceptors (Lipinski definition) is 5. The van der Waals surface area contributed by atoms with Crippen molar-refractivity contribution in [2.24, 2.45) is 5.92 Å². The maximum absolute atomic E-state index is 5.51. The van der Waals surface area contributed by atoms with Gasteiger partial charge >= 0.3 is 0 Å².